The molecule has 0 aromatic carbocycles. The van der Waals surface area contributed by atoms with Crippen LogP contribution in [-0.4, -0.2) is 129 Å². The fourth-order valence-electron chi connectivity index (χ4n) is 4.89. The van der Waals surface area contributed by atoms with Crippen molar-refractivity contribution in [3.63, 3.8) is 0 Å². The molecule has 3 saturated heterocycles. The Bertz CT molecular complexity index is 633. The Hall–Kier alpha value is -0.520. The molecule has 3 heterocycles. The second-order valence-corrected chi connectivity index (χ2v) is 8.89. The van der Waals surface area contributed by atoms with Crippen LogP contribution in [0.1, 0.15) is 13.3 Å². The highest BCUT2D eigenvalue weighted by Crippen LogP contribution is 2.34. The maximum atomic E-state index is 10.7. The van der Waals surface area contributed by atoms with Gasteiger partial charge in [0.1, 0.15) is 48.8 Å². The molecule has 14 unspecified atom stereocenters. The summed E-state index contributed by atoms with van der Waals surface area (Å²) < 4.78 is 23.3. The third-order valence-electron chi connectivity index (χ3n) is 6.73. The minimum absolute atomic E-state index is 0.195. The van der Waals surface area contributed by atoms with Gasteiger partial charge in [0.25, 0.3) is 0 Å². The van der Waals surface area contributed by atoms with Crippen molar-refractivity contribution in [3.05, 3.63) is 0 Å². The van der Waals surface area contributed by atoms with Crippen molar-refractivity contribution in [2.24, 2.45) is 11.5 Å². The predicted octanol–water partition coefficient (Wildman–Crippen LogP) is -5.58. The Morgan fingerprint density at radius 3 is 2.06 bits per heavy atom. The molecule has 0 aromatic rings. The van der Waals surface area contributed by atoms with Gasteiger partial charge in [-0.2, -0.15) is 0 Å². The SMILES string of the molecule is C[C@@H]1NC2C(OC(CO)C(O)C2O)OC2C(N)CC(N)C(O)C2OC2OC1C(O)C2O. The molecule has 13 heteroatoms. The van der Waals surface area contributed by atoms with E-state index in [4.69, 9.17) is 30.4 Å². The molecule has 4 aliphatic rings. The van der Waals surface area contributed by atoms with E-state index in [-0.39, 0.29) is 6.42 Å². The molecule has 31 heavy (non-hydrogen) atoms. The molecule has 15 atom stereocenters. The average Bonchev–Trinajstić information content (AvgIpc) is 3.00. The van der Waals surface area contributed by atoms with Crippen LogP contribution < -0.4 is 16.8 Å². The maximum Gasteiger partial charge on any atom is 0.187 e. The van der Waals surface area contributed by atoms with Gasteiger partial charge in [-0.25, -0.2) is 0 Å². The zero-order chi connectivity index (χ0) is 22.6. The quantitative estimate of drug-likeness (QED) is 0.182. The van der Waals surface area contributed by atoms with Crippen LogP contribution in [0.2, 0.25) is 0 Å². The van der Waals surface area contributed by atoms with E-state index in [1.54, 1.807) is 6.92 Å². The highest BCUT2D eigenvalue weighted by atomic mass is 16.7. The average molecular weight is 451 g/mol. The van der Waals surface area contributed by atoms with E-state index in [9.17, 15) is 30.6 Å². The van der Waals surface area contributed by atoms with E-state index >= 15 is 0 Å². The summed E-state index contributed by atoms with van der Waals surface area (Å²) in [7, 11) is 0. The lowest BCUT2D eigenvalue weighted by Gasteiger charge is -2.48. The number of hydrogen-bond donors (Lipinski definition) is 9. The summed E-state index contributed by atoms with van der Waals surface area (Å²) in [6.45, 7) is 1.09. The maximum absolute atomic E-state index is 10.7. The van der Waals surface area contributed by atoms with Crippen LogP contribution >= 0.6 is 0 Å². The first kappa shape index (κ1) is 23.6. The van der Waals surface area contributed by atoms with Gasteiger partial charge in [-0.3, -0.25) is 0 Å². The highest BCUT2D eigenvalue weighted by Gasteiger charge is 2.55. The molecule has 4 fully saturated rings. The first-order chi connectivity index (χ1) is 14.6. The van der Waals surface area contributed by atoms with Gasteiger partial charge in [-0.15, -0.1) is 0 Å². The Balaban J connectivity index is 1.71. The lowest BCUT2D eigenvalue weighted by Crippen LogP contribution is -2.69. The minimum Gasteiger partial charge on any atom is -0.394 e. The largest absolute Gasteiger partial charge is 0.394 e. The number of nitrogens with two attached hydrogens (primary N) is 2. The number of ether oxygens (including phenoxy) is 4. The van der Waals surface area contributed by atoms with Crippen molar-refractivity contribution < 1.29 is 49.6 Å². The molecular formula is C18H33N3O10. The standard InChI is InChI=1S/C18H33N3O10/c1-4-14-12(26)13(27)18(29-14)31-16-9(23)5(19)2-6(20)15(16)30-17-8(21-4)11(25)10(24)7(3-22)28-17/h4-18,21-27H,2-3,19-20H2,1H3/t4-,5?,6?,7?,8?,9?,10?,11?,12?,13?,14?,15?,16?,17?,18?/m0/s1. The van der Waals surface area contributed by atoms with Crippen LogP contribution in [0, 0.1) is 0 Å². The highest BCUT2D eigenvalue weighted by molar-refractivity contribution is 5.04. The van der Waals surface area contributed by atoms with Gasteiger partial charge >= 0.3 is 0 Å². The van der Waals surface area contributed by atoms with Gasteiger partial charge in [0.05, 0.1) is 18.8 Å². The Labute approximate surface area is 178 Å². The third-order valence-corrected chi connectivity index (χ3v) is 6.73. The summed E-state index contributed by atoms with van der Waals surface area (Å²) in [5.74, 6) is 0. The van der Waals surface area contributed by atoms with E-state index in [1.807, 2.05) is 0 Å². The van der Waals surface area contributed by atoms with Gasteiger partial charge in [-0.1, -0.05) is 0 Å². The van der Waals surface area contributed by atoms with Crippen molar-refractivity contribution in [2.45, 2.75) is 105 Å². The molecule has 11 N–H and O–H groups in total. The smallest absolute Gasteiger partial charge is 0.187 e. The first-order valence-electron chi connectivity index (χ1n) is 10.5. The molecule has 0 spiro atoms. The normalized spacial score (nSPS) is 58.2. The number of aliphatic hydroxyl groups excluding tert-OH is 6. The number of aliphatic hydroxyl groups is 6. The fourth-order valence-corrected chi connectivity index (χ4v) is 4.89. The van der Waals surface area contributed by atoms with Gasteiger partial charge in [0.15, 0.2) is 12.6 Å². The van der Waals surface area contributed by atoms with E-state index in [1.165, 1.54) is 0 Å². The van der Waals surface area contributed by atoms with Crippen LogP contribution in [0.5, 0.6) is 0 Å². The zero-order valence-electron chi connectivity index (χ0n) is 17.0. The van der Waals surface area contributed by atoms with E-state index in [0.717, 1.165) is 0 Å². The molecule has 180 valence electrons. The summed E-state index contributed by atoms with van der Waals surface area (Å²) in [5.41, 5.74) is 12.2. The molecule has 0 amide bonds. The summed E-state index contributed by atoms with van der Waals surface area (Å²) in [6.07, 6.45) is -13.3. The lowest BCUT2D eigenvalue weighted by atomic mass is 9.84. The summed E-state index contributed by atoms with van der Waals surface area (Å²) in [4.78, 5) is 0. The Kier molecular flexibility index (Phi) is 6.88. The van der Waals surface area contributed by atoms with Crippen LogP contribution in [0.25, 0.3) is 0 Å². The molecule has 1 aliphatic carbocycles. The van der Waals surface area contributed by atoms with Crippen molar-refractivity contribution in [3.8, 4) is 0 Å². The fraction of sp³-hybridized carbons (Fsp3) is 1.00. The summed E-state index contributed by atoms with van der Waals surface area (Å²) in [5, 5.41) is 65.2. The number of nitrogens with one attached hydrogen (secondary N) is 1. The Morgan fingerprint density at radius 1 is 0.742 bits per heavy atom. The van der Waals surface area contributed by atoms with Crippen LogP contribution in [0.15, 0.2) is 0 Å². The number of hydrogen-bond acceptors (Lipinski definition) is 13. The number of fused-ring (bicyclic) bond motifs is 4. The van der Waals surface area contributed by atoms with E-state index in [2.05, 4.69) is 5.32 Å². The van der Waals surface area contributed by atoms with Crippen LogP contribution in [0.3, 0.4) is 0 Å². The van der Waals surface area contributed by atoms with Crippen molar-refractivity contribution in [1.82, 2.24) is 5.32 Å². The van der Waals surface area contributed by atoms with Gasteiger partial charge < -0.3 is 66.4 Å². The van der Waals surface area contributed by atoms with E-state index in [0.29, 0.717) is 0 Å². The predicted molar refractivity (Wildman–Crippen MR) is 101 cm³/mol. The van der Waals surface area contributed by atoms with Crippen LogP contribution in [0.4, 0.5) is 0 Å². The molecule has 4 rings (SSSR count). The van der Waals surface area contributed by atoms with E-state index < -0.39 is 98.3 Å². The minimum atomic E-state index is -1.42. The van der Waals surface area contributed by atoms with Crippen molar-refractivity contribution >= 4 is 0 Å². The molecule has 0 aromatic heterocycles. The van der Waals surface area contributed by atoms with Gasteiger partial charge in [0.2, 0.25) is 0 Å². The molecule has 13 nitrogen and oxygen atoms in total. The molecule has 0 radical (unpaired) electrons. The molecule has 1 saturated carbocycles. The summed E-state index contributed by atoms with van der Waals surface area (Å²) in [6, 6.07) is -3.10. The lowest BCUT2D eigenvalue weighted by molar-refractivity contribution is -0.310. The monoisotopic (exact) mass is 451 g/mol. The third kappa shape index (κ3) is 4.12. The van der Waals surface area contributed by atoms with Crippen molar-refractivity contribution in [1.29, 1.82) is 0 Å². The molecular weight excluding hydrogens is 418 g/mol. The first-order valence-corrected chi connectivity index (χ1v) is 10.5. The topological polar surface area (TPSA) is 222 Å². The van der Waals surface area contributed by atoms with Crippen molar-refractivity contribution in [2.75, 3.05) is 6.61 Å². The number of rotatable bonds is 1. The summed E-state index contributed by atoms with van der Waals surface area (Å²) >= 11 is 0. The second-order valence-electron chi connectivity index (χ2n) is 8.89. The zero-order valence-corrected chi connectivity index (χ0v) is 17.0. The van der Waals surface area contributed by atoms with Gasteiger partial charge in [-0.05, 0) is 13.3 Å². The van der Waals surface area contributed by atoms with Crippen LogP contribution in [-0.2, 0) is 18.9 Å². The second kappa shape index (κ2) is 9.02. The molecule has 3 aliphatic heterocycles. The Morgan fingerprint density at radius 2 is 1.39 bits per heavy atom. The van der Waals surface area contributed by atoms with Gasteiger partial charge in [0, 0.05) is 18.1 Å². The molecule has 2 bridgehead atoms.